The Bertz CT molecular complexity index is 744. The van der Waals surface area contributed by atoms with Crippen LogP contribution >= 0.6 is 0 Å². The molecule has 2 aliphatic rings. The minimum absolute atomic E-state index is 0.348. The molecule has 3 heteroatoms. The molecule has 27 heavy (non-hydrogen) atoms. The molecule has 4 rings (SSSR count). The van der Waals surface area contributed by atoms with E-state index in [4.69, 9.17) is 4.74 Å². The van der Waals surface area contributed by atoms with E-state index in [9.17, 15) is 0 Å². The summed E-state index contributed by atoms with van der Waals surface area (Å²) in [7, 11) is 4.42. The SMILES string of the molecule is CN1CCC(Oc2cccc(-c3ccccc3C3CCN(C)CC3)c2)CC1. The normalized spacial score (nSPS) is 20.7. The lowest BCUT2D eigenvalue weighted by atomic mass is 9.84. The van der Waals surface area contributed by atoms with E-state index in [1.807, 2.05) is 0 Å². The predicted molar refractivity (Wildman–Crippen MR) is 112 cm³/mol. The van der Waals surface area contributed by atoms with E-state index >= 15 is 0 Å². The fourth-order valence-electron chi connectivity index (χ4n) is 4.47. The van der Waals surface area contributed by atoms with Crippen molar-refractivity contribution in [3.63, 3.8) is 0 Å². The number of hydrogen-bond donors (Lipinski definition) is 0. The maximum atomic E-state index is 6.33. The Morgan fingerprint density at radius 3 is 2.19 bits per heavy atom. The smallest absolute Gasteiger partial charge is 0.120 e. The van der Waals surface area contributed by atoms with Gasteiger partial charge in [0.05, 0.1) is 0 Å². The van der Waals surface area contributed by atoms with E-state index in [0.717, 1.165) is 31.7 Å². The fraction of sp³-hybridized carbons (Fsp3) is 0.500. The second-order valence-corrected chi connectivity index (χ2v) is 8.31. The Hall–Kier alpha value is -1.84. The molecule has 0 radical (unpaired) electrons. The van der Waals surface area contributed by atoms with Crippen LogP contribution in [0, 0.1) is 0 Å². The molecule has 144 valence electrons. The molecule has 2 heterocycles. The van der Waals surface area contributed by atoms with Gasteiger partial charge in [0.2, 0.25) is 0 Å². The molecule has 0 atom stereocenters. The van der Waals surface area contributed by atoms with Crippen LogP contribution in [-0.4, -0.2) is 56.2 Å². The van der Waals surface area contributed by atoms with Crippen LogP contribution in [0.15, 0.2) is 48.5 Å². The topological polar surface area (TPSA) is 15.7 Å². The Kier molecular flexibility index (Phi) is 5.80. The van der Waals surface area contributed by atoms with E-state index in [-0.39, 0.29) is 0 Å². The summed E-state index contributed by atoms with van der Waals surface area (Å²) in [4.78, 5) is 4.82. The molecule has 2 aromatic rings. The van der Waals surface area contributed by atoms with Crippen molar-refractivity contribution in [1.82, 2.24) is 9.80 Å². The second-order valence-electron chi connectivity index (χ2n) is 8.31. The fourth-order valence-corrected chi connectivity index (χ4v) is 4.47. The van der Waals surface area contributed by atoms with Crippen LogP contribution in [0.25, 0.3) is 11.1 Å². The Morgan fingerprint density at radius 1 is 0.778 bits per heavy atom. The zero-order chi connectivity index (χ0) is 18.6. The summed E-state index contributed by atoms with van der Waals surface area (Å²) in [5.41, 5.74) is 4.16. The maximum Gasteiger partial charge on any atom is 0.120 e. The summed E-state index contributed by atoms with van der Waals surface area (Å²) < 4.78 is 6.33. The average Bonchev–Trinajstić information content (AvgIpc) is 2.71. The van der Waals surface area contributed by atoms with Crippen molar-refractivity contribution >= 4 is 0 Å². The molecule has 2 saturated heterocycles. The Balaban J connectivity index is 1.53. The minimum Gasteiger partial charge on any atom is -0.490 e. The molecule has 0 aliphatic carbocycles. The maximum absolute atomic E-state index is 6.33. The van der Waals surface area contributed by atoms with E-state index in [2.05, 4.69) is 72.4 Å². The van der Waals surface area contributed by atoms with Crippen molar-refractivity contribution in [2.75, 3.05) is 40.3 Å². The number of benzene rings is 2. The van der Waals surface area contributed by atoms with E-state index in [1.54, 1.807) is 0 Å². The molecule has 0 unspecified atom stereocenters. The van der Waals surface area contributed by atoms with Crippen molar-refractivity contribution in [2.24, 2.45) is 0 Å². The van der Waals surface area contributed by atoms with Gasteiger partial charge in [-0.2, -0.15) is 0 Å². The van der Waals surface area contributed by atoms with Crippen LogP contribution in [0.2, 0.25) is 0 Å². The van der Waals surface area contributed by atoms with Crippen LogP contribution in [0.4, 0.5) is 0 Å². The summed E-state index contributed by atoms with van der Waals surface area (Å²) >= 11 is 0. The molecule has 0 saturated carbocycles. The van der Waals surface area contributed by atoms with Gasteiger partial charge < -0.3 is 14.5 Å². The van der Waals surface area contributed by atoms with Gasteiger partial charge in [0.15, 0.2) is 0 Å². The summed E-state index contributed by atoms with van der Waals surface area (Å²) in [6.07, 6.45) is 5.08. The van der Waals surface area contributed by atoms with Crippen molar-refractivity contribution in [2.45, 2.75) is 37.7 Å². The van der Waals surface area contributed by atoms with Gasteiger partial charge in [0.1, 0.15) is 11.9 Å². The third-order valence-electron chi connectivity index (χ3n) is 6.23. The molecule has 0 aromatic heterocycles. The van der Waals surface area contributed by atoms with Crippen molar-refractivity contribution in [1.29, 1.82) is 0 Å². The Labute approximate surface area is 163 Å². The van der Waals surface area contributed by atoms with Gasteiger partial charge in [-0.05, 0) is 87.6 Å². The van der Waals surface area contributed by atoms with Crippen LogP contribution in [0.3, 0.4) is 0 Å². The summed E-state index contributed by atoms with van der Waals surface area (Å²) in [5, 5.41) is 0. The summed E-state index contributed by atoms with van der Waals surface area (Å²) in [6.45, 7) is 4.64. The molecule has 0 spiro atoms. The monoisotopic (exact) mass is 364 g/mol. The summed E-state index contributed by atoms with van der Waals surface area (Å²) in [6, 6.07) is 17.7. The third kappa shape index (κ3) is 4.53. The first-order valence-electron chi connectivity index (χ1n) is 10.4. The van der Waals surface area contributed by atoms with Gasteiger partial charge in [-0.25, -0.2) is 0 Å². The van der Waals surface area contributed by atoms with Gasteiger partial charge >= 0.3 is 0 Å². The van der Waals surface area contributed by atoms with E-state index < -0.39 is 0 Å². The summed E-state index contributed by atoms with van der Waals surface area (Å²) in [5.74, 6) is 1.68. The first-order valence-corrected chi connectivity index (χ1v) is 10.4. The lowest BCUT2D eigenvalue weighted by Gasteiger charge is -2.30. The lowest BCUT2D eigenvalue weighted by Crippen LogP contribution is -2.35. The lowest BCUT2D eigenvalue weighted by molar-refractivity contribution is 0.114. The van der Waals surface area contributed by atoms with Crippen molar-refractivity contribution in [3.8, 4) is 16.9 Å². The van der Waals surface area contributed by atoms with Gasteiger partial charge in [0, 0.05) is 13.1 Å². The Morgan fingerprint density at radius 2 is 1.44 bits per heavy atom. The van der Waals surface area contributed by atoms with E-state index in [0.29, 0.717) is 12.0 Å². The number of nitrogens with zero attached hydrogens (tertiary/aromatic N) is 2. The third-order valence-corrected chi connectivity index (χ3v) is 6.23. The van der Waals surface area contributed by atoms with Gasteiger partial charge in [-0.3, -0.25) is 0 Å². The molecule has 2 aliphatic heterocycles. The molecular weight excluding hydrogens is 332 g/mol. The largest absolute Gasteiger partial charge is 0.490 e. The first-order chi connectivity index (χ1) is 13.2. The van der Waals surface area contributed by atoms with Crippen LogP contribution in [0.5, 0.6) is 5.75 Å². The van der Waals surface area contributed by atoms with Crippen LogP contribution < -0.4 is 4.74 Å². The quantitative estimate of drug-likeness (QED) is 0.786. The molecule has 0 N–H and O–H groups in total. The molecule has 0 bridgehead atoms. The van der Waals surface area contributed by atoms with Gasteiger partial charge in [-0.1, -0.05) is 36.4 Å². The highest BCUT2D eigenvalue weighted by molar-refractivity contribution is 5.69. The number of likely N-dealkylation sites (tertiary alicyclic amines) is 2. The van der Waals surface area contributed by atoms with Crippen molar-refractivity contribution < 1.29 is 4.74 Å². The number of hydrogen-bond acceptors (Lipinski definition) is 3. The highest BCUT2D eigenvalue weighted by atomic mass is 16.5. The zero-order valence-electron chi connectivity index (χ0n) is 16.7. The van der Waals surface area contributed by atoms with Gasteiger partial charge in [-0.15, -0.1) is 0 Å². The van der Waals surface area contributed by atoms with Gasteiger partial charge in [0.25, 0.3) is 0 Å². The number of piperidine rings is 2. The molecule has 2 fully saturated rings. The standard InChI is InChI=1S/C24H32N2O/c1-25-14-10-19(11-15-25)23-8-3-4-9-24(23)20-6-5-7-22(18-20)27-21-12-16-26(2)17-13-21/h3-9,18-19,21H,10-17H2,1-2H3. The van der Waals surface area contributed by atoms with Crippen molar-refractivity contribution in [3.05, 3.63) is 54.1 Å². The second kappa shape index (κ2) is 8.45. The van der Waals surface area contributed by atoms with E-state index in [1.165, 1.54) is 42.6 Å². The molecular formula is C24H32N2O. The highest BCUT2D eigenvalue weighted by Gasteiger charge is 2.22. The number of ether oxygens (including phenoxy) is 1. The van der Waals surface area contributed by atoms with Crippen LogP contribution in [0.1, 0.15) is 37.2 Å². The average molecular weight is 365 g/mol. The minimum atomic E-state index is 0.348. The predicted octanol–water partition coefficient (Wildman–Crippen LogP) is 4.64. The molecule has 3 nitrogen and oxygen atoms in total. The highest BCUT2D eigenvalue weighted by Crippen LogP contribution is 2.36. The van der Waals surface area contributed by atoms with Crippen LogP contribution in [-0.2, 0) is 0 Å². The number of rotatable bonds is 4. The molecule has 0 amide bonds. The molecule has 2 aromatic carbocycles. The first kappa shape index (κ1) is 18.5. The zero-order valence-corrected chi connectivity index (χ0v) is 16.7.